The van der Waals surface area contributed by atoms with Crippen LogP contribution in [0.15, 0.2) is 22.7 Å². The van der Waals surface area contributed by atoms with Crippen molar-refractivity contribution in [3.63, 3.8) is 0 Å². The first-order chi connectivity index (χ1) is 8.34. The molecule has 0 unspecified atom stereocenters. The third kappa shape index (κ3) is 4.30. The molecule has 0 radical (unpaired) electrons. The van der Waals surface area contributed by atoms with Gasteiger partial charge in [0.25, 0.3) is 0 Å². The monoisotopic (exact) mass is 324 g/mol. The van der Waals surface area contributed by atoms with Gasteiger partial charge in [-0.2, -0.15) is 13.2 Å². The number of benzene rings is 1. The Morgan fingerprint density at radius 2 is 2.06 bits per heavy atom. The zero-order valence-electron chi connectivity index (χ0n) is 9.35. The minimum Gasteiger partial charge on any atom is -0.330 e. The number of hydrogen-bond donors (Lipinski definition) is 2. The van der Waals surface area contributed by atoms with Crippen molar-refractivity contribution in [3.8, 4) is 0 Å². The Hall–Kier alpha value is -1.08. The van der Waals surface area contributed by atoms with E-state index in [0.717, 1.165) is 6.07 Å². The molecule has 0 aliphatic rings. The lowest BCUT2D eigenvalue weighted by Crippen LogP contribution is -2.17. The highest BCUT2D eigenvalue weighted by Gasteiger charge is 2.34. The highest BCUT2D eigenvalue weighted by Crippen LogP contribution is 2.36. The van der Waals surface area contributed by atoms with E-state index in [0.29, 0.717) is 17.4 Å². The van der Waals surface area contributed by atoms with E-state index in [1.54, 1.807) is 0 Å². The first-order valence-corrected chi connectivity index (χ1v) is 6.00. The second kappa shape index (κ2) is 6.19. The van der Waals surface area contributed by atoms with E-state index in [1.165, 1.54) is 12.1 Å². The summed E-state index contributed by atoms with van der Waals surface area (Å²) in [6.45, 7) is 0.319. The molecular weight excluding hydrogens is 313 g/mol. The number of amides is 1. The molecule has 0 atom stereocenters. The lowest BCUT2D eigenvalue weighted by Gasteiger charge is -2.14. The van der Waals surface area contributed by atoms with E-state index in [2.05, 4.69) is 21.2 Å². The molecule has 0 fully saturated rings. The summed E-state index contributed by atoms with van der Waals surface area (Å²) in [5, 5.41) is 2.24. The van der Waals surface area contributed by atoms with Gasteiger partial charge in [0.15, 0.2) is 0 Å². The number of rotatable bonds is 4. The van der Waals surface area contributed by atoms with Gasteiger partial charge in [-0.1, -0.05) is 15.9 Å². The van der Waals surface area contributed by atoms with E-state index in [1.807, 2.05) is 0 Å². The Kier molecular flexibility index (Phi) is 5.15. The SMILES string of the molecule is NCCCC(=O)Nc1ccc(Br)cc1C(F)(F)F. The van der Waals surface area contributed by atoms with E-state index in [-0.39, 0.29) is 12.1 Å². The van der Waals surface area contributed by atoms with Crippen molar-refractivity contribution in [2.45, 2.75) is 19.0 Å². The molecule has 0 aromatic heterocycles. The predicted molar refractivity (Wildman–Crippen MR) is 66.1 cm³/mol. The van der Waals surface area contributed by atoms with Gasteiger partial charge in [-0.3, -0.25) is 4.79 Å². The van der Waals surface area contributed by atoms with Crippen LogP contribution in [0.1, 0.15) is 18.4 Å². The molecule has 18 heavy (non-hydrogen) atoms. The van der Waals surface area contributed by atoms with Crippen LogP contribution >= 0.6 is 15.9 Å². The molecule has 0 saturated heterocycles. The molecule has 0 bridgehead atoms. The van der Waals surface area contributed by atoms with Gasteiger partial charge in [0.05, 0.1) is 11.3 Å². The second-order valence-electron chi connectivity index (χ2n) is 3.63. The van der Waals surface area contributed by atoms with E-state index < -0.39 is 17.6 Å². The van der Waals surface area contributed by atoms with Crippen molar-refractivity contribution in [1.82, 2.24) is 0 Å². The van der Waals surface area contributed by atoms with Crippen molar-refractivity contribution in [3.05, 3.63) is 28.2 Å². The molecule has 1 aromatic carbocycles. The lowest BCUT2D eigenvalue weighted by atomic mass is 10.1. The van der Waals surface area contributed by atoms with Crippen molar-refractivity contribution in [2.24, 2.45) is 5.73 Å². The van der Waals surface area contributed by atoms with Crippen LogP contribution in [0.3, 0.4) is 0 Å². The van der Waals surface area contributed by atoms with Crippen LogP contribution in [-0.4, -0.2) is 12.5 Å². The Balaban J connectivity index is 2.92. The van der Waals surface area contributed by atoms with Crippen molar-refractivity contribution >= 4 is 27.5 Å². The van der Waals surface area contributed by atoms with Crippen LogP contribution in [0.5, 0.6) is 0 Å². The average Bonchev–Trinajstić information content (AvgIpc) is 2.27. The van der Waals surface area contributed by atoms with E-state index in [9.17, 15) is 18.0 Å². The summed E-state index contributed by atoms with van der Waals surface area (Å²) < 4.78 is 38.5. The average molecular weight is 325 g/mol. The third-order valence-corrected chi connectivity index (χ3v) is 2.66. The topological polar surface area (TPSA) is 55.1 Å². The largest absolute Gasteiger partial charge is 0.418 e. The minimum absolute atomic E-state index is 0.101. The van der Waals surface area contributed by atoms with Crippen LogP contribution < -0.4 is 11.1 Å². The zero-order chi connectivity index (χ0) is 13.8. The molecule has 7 heteroatoms. The quantitative estimate of drug-likeness (QED) is 0.893. The normalized spacial score (nSPS) is 11.4. The summed E-state index contributed by atoms with van der Waals surface area (Å²) in [5.74, 6) is -0.478. The van der Waals surface area contributed by atoms with Gasteiger partial charge in [0, 0.05) is 10.9 Å². The molecule has 1 rings (SSSR count). The summed E-state index contributed by atoms with van der Waals surface area (Å²) in [5.41, 5.74) is 4.10. The Bertz CT molecular complexity index is 435. The maximum absolute atomic E-state index is 12.7. The van der Waals surface area contributed by atoms with Gasteiger partial charge < -0.3 is 11.1 Å². The summed E-state index contributed by atoms with van der Waals surface area (Å²) in [7, 11) is 0. The highest BCUT2D eigenvalue weighted by molar-refractivity contribution is 9.10. The summed E-state index contributed by atoms with van der Waals surface area (Å²) in [6.07, 6.45) is -3.98. The van der Waals surface area contributed by atoms with Gasteiger partial charge in [-0.25, -0.2) is 0 Å². The van der Waals surface area contributed by atoms with Crippen molar-refractivity contribution in [1.29, 1.82) is 0 Å². The number of nitrogens with one attached hydrogen (secondary N) is 1. The number of carbonyl (C=O) groups is 1. The van der Waals surface area contributed by atoms with Crippen LogP contribution in [0.2, 0.25) is 0 Å². The van der Waals surface area contributed by atoms with E-state index >= 15 is 0 Å². The third-order valence-electron chi connectivity index (χ3n) is 2.17. The number of halogens is 4. The fourth-order valence-corrected chi connectivity index (χ4v) is 1.70. The zero-order valence-corrected chi connectivity index (χ0v) is 10.9. The number of hydrogen-bond acceptors (Lipinski definition) is 2. The Morgan fingerprint density at radius 3 is 2.61 bits per heavy atom. The van der Waals surface area contributed by atoms with Crippen LogP contribution in [0.25, 0.3) is 0 Å². The highest BCUT2D eigenvalue weighted by atomic mass is 79.9. The van der Waals surface area contributed by atoms with Gasteiger partial charge in [0.2, 0.25) is 5.91 Å². The molecule has 3 N–H and O–H groups in total. The molecule has 0 aliphatic heterocycles. The molecule has 1 aromatic rings. The van der Waals surface area contributed by atoms with Gasteiger partial charge >= 0.3 is 6.18 Å². The minimum atomic E-state index is -4.51. The molecule has 1 amide bonds. The van der Waals surface area contributed by atoms with E-state index in [4.69, 9.17) is 5.73 Å². The molecular formula is C11H12BrF3N2O. The lowest BCUT2D eigenvalue weighted by molar-refractivity contribution is -0.137. The standard InChI is InChI=1S/C11H12BrF3N2O/c12-7-3-4-9(8(6-7)11(13,14)15)17-10(18)2-1-5-16/h3-4,6H,1-2,5,16H2,(H,17,18). The molecule has 0 spiro atoms. The Morgan fingerprint density at radius 1 is 1.39 bits per heavy atom. The van der Waals surface area contributed by atoms with Crippen molar-refractivity contribution in [2.75, 3.05) is 11.9 Å². The number of anilines is 1. The molecule has 3 nitrogen and oxygen atoms in total. The fourth-order valence-electron chi connectivity index (χ4n) is 1.34. The van der Waals surface area contributed by atoms with Gasteiger partial charge in [-0.05, 0) is 31.2 Å². The van der Waals surface area contributed by atoms with Crippen LogP contribution in [0, 0.1) is 0 Å². The van der Waals surface area contributed by atoms with Crippen LogP contribution in [0.4, 0.5) is 18.9 Å². The molecule has 100 valence electrons. The maximum atomic E-state index is 12.7. The van der Waals surface area contributed by atoms with Crippen molar-refractivity contribution < 1.29 is 18.0 Å². The summed E-state index contributed by atoms with van der Waals surface area (Å²) in [4.78, 5) is 11.4. The number of nitrogens with two attached hydrogens (primary N) is 1. The van der Waals surface area contributed by atoms with Gasteiger partial charge in [-0.15, -0.1) is 0 Å². The summed E-state index contributed by atoms with van der Waals surface area (Å²) >= 11 is 2.97. The first-order valence-electron chi connectivity index (χ1n) is 5.21. The smallest absolute Gasteiger partial charge is 0.330 e. The molecule has 0 aliphatic carbocycles. The second-order valence-corrected chi connectivity index (χ2v) is 4.54. The van der Waals surface area contributed by atoms with Crippen LogP contribution in [-0.2, 0) is 11.0 Å². The Labute approximate surface area is 111 Å². The first kappa shape index (κ1) is 15.0. The summed E-state index contributed by atoms with van der Waals surface area (Å²) in [6, 6.07) is 3.58. The fraction of sp³-hybridized carbons (Fsp3) is 0.364. The number of alkyl halides is 3. The molecule has 0 saturated carbocycles. The molecule has 0 heterocycles. The predicted octanol–water partition coefficient (Wildman–Crippen LogP) is 3.15. The maximum Gasteiger partial charge on any atom is 0.418 e. The number of carbonyl (C=O) groups excluding carboxylic acids is 1. The van der Waals surface area contributed by atoms with Gasteiger partial charge in [0.1, 0.15) is 0 Å².